The Morgan fingerprint density at radius 2 is 2.29 bits per heavy atom. The molecule has 5 heteroatoms. The molecule has 90 valence electrons. The van der Waals surface area contributed by atoms with Crippen molar-refractivity contribution in [3.05, 3.63) is 35.5 Å². The Labute approximate surface area is 109 Å². The number of aromatic nitrogens is 2. The predicted molar refractivity (Wildman–Crippen MR) is 73.2 cm³/mol. The summed E-state index contributed by atoms with van der Waals surface area (Å²) in [7, 11) is 0. The third-order valence-electron chi connectivity index (χ3n) is 2.13. The fourth-order valence-electron chi connectivity index (χ4n) is 1.32. The molecule has 0 spiro atoms. The van der Waals surface area contributed by atoms with E-state index in [1.54, 1.807) is 29.3 Å². The summed E-state index contributed by atoms with van der Waals surface area (Å²) in [6, 6.07) is 5.85. The Hall–Kier alpha value is -0.910. The van der Waals surface area contributed by atoms with Gasteiger partial charge < -0.3 is 5.11 Å². The van der Waals surface area contributed by atoms with Crippen LogP contribution in [0.5, 0.6) is 0 Å². The van der Waals surface area contributed by atoms with E-state index in [9.17, 15) is 0 Å². The molecule has 0 aliphatic rings. The molecule has 0 atom stereocenters. The van der Waals surface area contributed by atoms with E-state index < -0.39 is 0 Å². The van der Waals surface area contributed by atoms with E-state index in [2.05, 4.69) is 15.3 Å². The highest BCUT2D eigenvalue weighted by molar-refractivity contribution is 7.98. The summed E-state index contributed by atoms with van der Waals surface area (Å²) in [5.74, 6) is 1.89. The van der Waals surface area contributed by atoms with Gasteiger partial charge in [-0.15, -0.1) is 11.3 Å². The summed E-state index contributed by atoms with van der Waals surface area (Å²) in [5.41, 5.74) is 2.03. The summed E-state index contributed by atoms with van der Waals surface area (Å²) in [5, 5.41) is 11.7. The molecule has 3 nitrogen and oxygen atoms in total. The number of aliphatic hydroxyl groups excluding tert-OH is 1. The van der Waals surface area contributed by atoms with Gasteiger partial charge in [-0.3, -0.25) is 4.98 Å². The Morgan fingerprint density at radius 1 is 1.35 bits per heavy atom. The summed E-state index contributed by atoms with van der Waals surface area (Å²) < 4.78 is 0. The van der Waals surface area contributed by atoms with Gasteiger partial charge in [-0.25, -0.2) is 4.98 Å². The fraction of sp³-hybridized carbons (Fsp3) is 0.333. The number of hydrogen-bond acceptors (Lipinski definition) is 5. The van der Waals surface area contributed by atoms with Crippen molar-refractivity contribution in [3.63, 3.8) is 0 Å². The Balaban J connectivity index is 1.92. The molecule has 2 aromatic rings. The number of thiazole rings is 1. The van der Waals surface area contributed by atoms with Gasteiger partial charge in [0.15, 0.2) is 0 Å². The maximum absolute atomic E-state index is 8.68. The Morgan fingerprint density at radius 3 is 3.06 bits per heavy atom. The summed E-state index contributed by atoms with van der Waals surface area (Å²) >= 11 is 3.43. The van der Waals surface area contributed by atoms with Crippen molar-refractivity contribution in [1.29, 1.82) is 0 Å². The van der Waals surface area contributed by atoms with Crippen molar-refractivity contribution in [3.8, 4) is 10.7 Å². The lowest BCUT2D eigenvalue weighted by atomic mass is 10.4. The standard InChI is InChI=1S/C12H14N2OS2/c15-6-3-7-16-8-10-9-17-12(14-10)11-4-1-2-5-13-11/h1-2,4-5,9,15H,3,6-8H2. The smallest absolute Gasteiger partial charge is 0.142 e. The van der Waals surface area contributed by atoms with Crippen LogP contribution in [0.25, 0.3) is 10.7 Å². The van der Waals surface area contributed by atoms with Crippen molar-refractivity contribution in [2.75, 3.05) is 12.4 Å². The van der Waals surface area contributed by atoms with E-state index in [-0.39, 0.29) is 6.61 Å². The van der Waals surface area contributed by atoms with E-state index in [4.69, 9.17) is 5.11 Å². The largest absolute Gasteiger partial charge is 0.396 e. The van der Waals surface area contributed by atoms with Crippen LogP contribution in [0.3, 0.4) is 0 Å². The van der Waals surface area contributed by atoms with Crippen LogP contribution in [0.4, 0.5) is 0 Å². The second kappa shape index (κ2) is 6.74. The number of hydrogen-bond donors (Lipinski definition) is 1. The van der Waals surface area contributed by atoms with Gasteiger partial charge in [0.05, 0.1) is 11.4 Å². The molecule has 0 unspecified atom stereocenters. The Kier molecular flexibility index (Phi) is 4.97. The second-order valence-corrected chi connectivity index (χ2v) is 5.45. The molecule has 0 aliphatic heterocycles. The number of pyridine rings is 1. The SMILES string of the molecule is OCCCSCc1csc(-c2ccccn2)n1. The molecule has 0 saturated heterocycles. The third kappa shape index (κ3) is 3.80. The lowest BCUT2D eigenvalue weighted by molar-refractivity contribution is 0.296. The van der Waals surface area contributed by atoms with Crippen molar-refractivity contribution >= 4 is 23.1 Å². The van der Waals surface area contributed by atoms with Crippen LogP contribution < -0.4 is 0 Å². The molecule has 0 bridgehead atoms. The highest BCUT2D eigenvalue weighted by Gasteiger charge is 2.05. The van der Waals surface area contributed by atoms with E-state index >= 15 is 0 Å². The highest BCUT2D eigenvalue weighted by Crippen LogP contribution is 2.23. The number of thioether (sulfide) groups is 1. The maximum atomic E-state index is 8.68. The van der Waals surface area contributed by atoms with Crippen molar-refractivity contribution in [2.45, 2.75) is 12.2 Å². The molecule has 2 rings (SSSR count). The molecule has 1 N–H and O–H groups in total. The first-order valence-corrected chi connectivity index (χ1v) is 7.48. The first kappa shape index (κ1) is 12.5. The minimum Gasteiger partial charge on any atom is -0.396 e. The number of nitrogens with zero attached hydrogens (tertiary/aromatic N) is 2. The zero-order chi connectivity index (χ0) is 11.9. The first-order valence-electron chi connectivity index (χ1n) is 5.44. The molecule has 0 amide bonds. The number of rotatable bonds is 6. The predicted octanol–water partition coefficient (Wildman–Crippen LogP) is 2.82. The molecule has 2 heterocycles. The van der Waals surface area contributed by atoms with Gasteiger partial charge in [-0.1, -0.05) is 6.07 Å². The molecule has 2 aromatic heterocycles. The van der Waals surface area contributed by atoms with Crippen LogP contribution in [0.15, 0.2) is 29.8 Å². The minimum absolute atomic E-state index is 0.267. The van der Waals surface area contributed by atoms with Gasteiger partial charge in [0.1, 0.15) is 5.01 Å². The average molecular weight is 266 g/mol. The van der Waals surface area contributed by atoms with E-state index in [1.165, 1.54) is 0 Å². The van der Waals surface area contributed by atoms with Gasteiger partial charge in [-0.2, -0.15) is 11.8 Å². The van der Waals surface area contributed by atoms with Crippen LogP contribution in [0, 0.1) is 0 Å². The summed E-state index contributed by atoms with van der Waals surface area (Å²) in [6.07, 6.45) is 2.63. The van der Waals surface area contributed by atoms with Gasteiger partial charge in [0.2, 0.25) is 0 Å². The average Bonchev–Trinajstić information content (AvgIpc) is 2.85. The quantitative estimate of drug-likeness (QED) is 0.817. The lowest BCUT2D eigenvalue weighted by Gasteiger charge is -1.96. The molecule has 0 fully saturated rings. The van der Waals surface area contributed by atoms with Crippen molar-refractivity contribution < 1.29 is 5.11 Å². The van der Waals surface area contributed by atoms with Crippen LogP contribution in [0.2, 0.25) is 0 Å². The van der Waals surface area contributed by atoms with Crippen LogP contribution in [-0.2, 0) is 5.75 Å². The van der Waals surface area contributed by atoms with E-state index in [0.717, 1.165) is 34.3 Å². The van der Waals surface area contributed by atoms with Crippen molar-refractivity contribution in [1.82, 2.24) is 9.97 Å². The first-order chi connectivity index (χ1) is 8.40. The molecular formula is C12H14N2OS2. The topological polar surface area (TPSA) is 46.0 Å². The zero-order valence-corrected chi connectivity index (χ0v) is 11.0. The van der Waals surface area contributed by atoms with Crippen LogP contribution in [-0.4, -0.2) is 27.4 Å². The van der Waals surface area contributed by atoms with Gasteiger partial charge in [0.25, 0.3) is 0 Å². The second-order valence-electron chi connectivity index (χ2n) is 3.49. The fourth-order valence-corrected chi connectivity index (χ4v) is 3.06. The maximum Gasteiger partial charge on any atom is 0.142 e. The van der Waals surface area contributed by atoms with Crippen molar-refractivity contribution in [2.24, 2.45) is 0 Å². The molecular weight excluding hydrogens is 252 g/mol. The molecule has 0 radical (unpaired) electrons. The van der Waals surface area contributed by atoms with E-state index in [0.29, 0.717) is 0 Å². The molecule has 0 saturated carbocycles. The number of aliphatic hydroxyl groups is 1. The molecule has 0 aromatic carbocycles. The van der Waals surface area contributed by atoms with Gasteiger partial charge in [0, 0.05) is 23.9 Å². The van der Waals surface area contributed by atoms with E-state index in [1.807, 2.05) is 18.2 Å². The normalized spacial score (nSPS) is 10.6. The zero-order valence-electron chi connectivity index (χ0n) is 9.37. The van der Waals surface area contributed by atoms with Gasteiger partial charge in [-0.05, 0) is 24.3 Å². The third-order valence-corrected chi connectivity index (χ3v) is 4.12. The van der Waals surface area contributed by atoms with Crippen LogP contribution in [0.1, 0.15) is 12.1 Å². The monoisotopic (exact) mass is 266 g/mol. The lowest BCUT2D eigenvalue weighted by Crippen LogP contribution is -1.88. The van der Waals surface area contributed by atoms with Gasteiger partial charge >= 0.3 is 0 Å². The summed E-state index contributed by atoms with van der Waals surface area (Å²) in [6.45, 7) is 0.267. The Bertz CT molecular complexity index is 445. The molecule has 0 aliphatic carbocycles. The highest BCUT2D eigenvalue weighted by atomic mass is 32.2. The summed E-state index contributed by atoms with van der Waals surface area (Å²) in [4.78, 5) is 8.83. The molecule has 17 heavy (non-hydrogen) atoms. The minimum atomic E-state index is 0.267. The van der Waals surface area contributed by atoms with Crippen LogP contribution >= 0.6 is 23.1 Å².